The number of carboxylic acid groups (broad SMARTS) is 1. The van der Waals surface area contributed by atoms with Gasteiger partial charge in [-0.25, -0.2) is 0 Å². The van der Waals surface area contributed by atoms with E-state index in [0.717, 1.165) is 18.8 Å². The molecule has 0 rings (SSSR count). The zero-order valence-corrected chi connectivity index (χ0v) is 10.8. The van der Waals surface area contributed by atoms with Crippen LogP contribution in [0.5, 0.6) is 0 Å². The summed E-state index contributed by atoms with van der Waals surface area (Å²) < 4.78 is 0. The number of carbonyl (C=O) groups is 1. The first-order valence-electron chi connectivity index (χ1n) is 5.97. The van der Waals surface area contributed by atoms with Crippen molar-refractivity contribution in [3.8, 4) is 0 Å². The molecular weight excluding hydrogens is 188 g/mol. The van der Waals surface area contributed by atoms with Gasteiger partial charge >= 0.3 is 5.97 Å². The second-order valence-electron chi connectivity index (χ2n) is 5.77. The molecule has 0 aliphatic rings. The van der Waals surface area contributed by atoms with E-state index >= 15 is 0 Å². The number of hydrogen-bond donors (Lipinski definition) is 1. The smallest absolute Gasteiger partial charge is 0.303 e. The van der Waals surface area contributed by atoms with Crippen molar-refractivity contribution in [2.75, 3.05) is 0 Å². The van der Waals surface area contributed by atoms with Crippen LogP contribution in [0.1, 0.15) is 60.3 Å². The van der Waals surface area contributed by atoms with Gasteiger partial charge in [0, 0.05) is 6.42 Å². The Hall–Kier alpha value is -0.530. The molecule has 15 heavy (non-hydrogen) atoms. The minimum Gasteiger partial charge on any atom is -0.481 e. The second-order valence-corrected chi connectivity index (χ2v) is 5.77. The highest BCUT2D eigenvalue weighted by Gasteiger charge is 2.25. The van der Waals surface area contributed by atoms with Crippen LogP contribution in [0.3, 0.4) is 0 Å². The standard InChI is InChI=1S/C13H26O2/c1-10(2)9-11(3)13(4,5)8-6-7-12(14)15/h10-11H,6-9H2,1-5H3,(H,14,15). The molecule has 0 aromatic heterocycles. The third-order valence-corrected chi connectivity index (χ3v) is 3.37. The van der Waals surface area contributed by atoms with E-state index in [1.165, 1.54) is 6.42 Å². The molecule has 2 nitrogen and oxygen atoms in total. The van der Waals surface area contributed by atoms with Gasteiger partial charge in [0.1, 0.15) is 0 Å². The molecule has 0 heterocycles. The van der Waals surface area contributed by atoms with Crippen LogP contribution < -0.4 is 0 Å². The monoisotopic (exact) mass is 214 g/mol. The predicted molar refractivity (Wildman–Crippen MR) is 63.9 cm³/mol. The second kappa shape index (κ2) is 6.14. The minimum atomic E-state index is -0.678. The van der Waals surface area contributed by atoms with Crippen molar-refractivity contribution >= 4 is 5.97 Å². The maximum Gasteiger partial charge on any atom is 0.303 e. The summed E-state index contributed by atoms with van der Waals surface area (Å²) >= 11 is 0. The molecule has 0 aromatic carbocycles. The molecule has 0 spiro atoms. The summed E-state index contributed by atoms with van der Waals surface area (Å²) in [6, 6.07) is 0. The minimum absolute atomic E-state index is 0.264. The van der Waals surface area contributed by atoms with Crippen molar-refractivity contribution in [2.24, 2.45) is 17.3 Å². The Balaban J connectivity index is 3.98. The van der Waals surface area contributed by atoms with Crippen LogP contribution in [0.25, 0.3) is 0 Å². The third kappa shape index (κ3) is 6.53. The molecule has 0 amide bonds. The van der Waals surface area contributed by atoms with E-state index in [4.69, 9.17) is 5.11 Å². The highest BCUT2D eigenvalue weighted by atomic mass is 16.4. The summed E-state index contributed by atoms with van der Waals surface area (Å²) in [6.07, 6.45) is 3.33. The van der Waals surface area contributed by atoms with Crippen LogP contribution in [-0.2, 0) is 4.79 Å². The van der Waals surface area contributed by atoms with Crippen molar-refractivity contribution in [3.63, 3.8) is 0 Å². The molecule has 0 aliphatic carbocycles. The number of carboxylic acids is 1. The lowest BCUT2D eigenvalue weighted by Gasteiger charge is -2.33. The summed E-state index contributed by atoms with van der Waals surface area (Å²) in [4.78, 5) is 10.4. The first-order chi connectivity index (χ1) is 6.75. The van der Waals surface area contributed by atoms with Gasteiger partial charge < -0.3 is 5.11 Å². The normalized spacial score (nSPS) is 14.3. The van der Waals surface area contributed by atoms with E-state index in [1.807, 2.05) is 0 Å². The number of aliphatic carboxylic acids is 1. The van der Waals surface area contributed by atoms with Crippen LogP contribution in [0, 0.1) is 17.3 Å². The Morgan fingerprint density at radius 1 is 1.27 bits per heavy atom. The lowest BCUT2D eigenvalue weighted by molar-refractivity contribution is -0.137. The first kappa shape index (κ1) is 14.5. The highest BCUT2D eigenvalue weighted by molar-refractivity contribution is 5.66. The van der Waals surface area contributed by atoms with Crippen LogP contribution in [0.15, 0.2) is 0 Å². The number of rotatable bonds is 7. The Bertz CT molecular complexity index is 195. The summed E-state index contributed by atoms with van der Waals surface area (Å²) in [5, 5.41) is 8.59. The van der Waals surface area contributed by atoms with E-state index in [1.54, 1.807) is 0 Å². The topological polar surface area (TPSA) is 37.3 Å². The Morgan fingerprint density at radius 3 is 2.20 bits per heavy atom. The Morgan fingerprint density at radius 2 is 1.80 bits per heavy atom. The molecule has 90 valence electrons. The zero-order chi connectivity index (χ0) is 12.1. The average Bonchev–Trinajstić information content (AvgIpc) is 2.01. The molecule has 1 atom stereocenters. The molecule has 0 saturated heterocycles. The Labute approximate surface area is 94.1 Å². The first-order valence-corrected chi connectivity index (χ1v) is 5.97. The fourth-order valence-corrected chi connectivity index (χ4v) is 1.97. The van der Waals surface area contributed by atoms with E-state index < -0.39 is 5.97 Å². The fraction of sp³-hybridized carbons (Fsp3) is 0.923. The van der Waals surface area contributed by atoms with E-state index in [-0.39, 0.29) is 5.41 Å². The van der Waals surface area contributed by atoms with Gasteiger partial charge in [-0.3, -0.25) is 4.79 Å². The molecule has 0 radical (unpaired) electrons. The largest absolute Gasteiger partial charge is 0.481 e. The van der Waals surface area contributed by atoms with Crippen LogP contribution in [0.4, 0.5) is 0 Å². The SMILES string of the molecule is CC(C)CC(C)C(C)(C)CCCC(=O)O. The molecule has 0 saturated carbocycles. The summed E-state index contributed by atoms with van der Waals surface area (Å²) in [7, 11) is 0. The van der Waals surface area contributed by atoms with Crippen molar-refractivity contribution in [2.45, 2.75) is 60.3 Å². The van der Waals surface area contributed by atoms with Crippen molar-refractivity contribution < 1.29 is 9.90 Å². The number of hydrogen-bond acceptors (Lipinski definition) is 1. The van der Waals surface area contributed by atoms with Crippen molar-refractivity contribution in [3.05, 3.63) is 0 Å². The van der Waals surface area contributed by atoms with Gasteiger partial charge in [0.05, 0.1) is 0 Å². The Kier molecular flexibility index (Phi) is 5.92. The average molecular weight is 214 g/mol. The molecular formula is C13H26O2. The van der Waals surface area contributed by atoms with Gasteiger partial charge in [-0.2, -0.15) is 0 Å². The molecule has 1 N–H and O–H groups in total. The molecule has 0 bridgehead atoms. The van der Waals surface area contributed by atoms with E-state index in [9.17, 15) is 4.79 Å². The summed E-state index contributed by atoms with van der Waals surface area (Å²) in [5.74, 6) is 0.701. The van der Waals surface area contributed by atoms with Crippen molar-refractivity contribution in [1.82, 2.24) is 0 Å². The van der Waals surface area contributed by atoms with Gasteiger partial charge in [0.2, 0.25) is 0 Å². The molecule has 1 unspecified atom stereocenters. The van der Waals surface area contributed by atoms with Gasteiger partial charge in [-0.05, 0) is 36.5 Å². The van der Waals surface area contributed by atoms with Gasteiger partial charge in [0.15, 0.2) is 0 Å². The molecule has 2 heteroatoms. The predicted octanol–water partition coefficient (Wildman–Crippen LogP) is 3.95. The molecule has 0 aromatic rings. The van der Waals surface area contributed by atoms with Crippen LogP contribution in [0.2, 0.25) is 0 Å². The van der Waals surface area contributed by atoms with E-state index in [2.05, 4.69) is 34.6 Å². The lowest BCUT2D eigenvalue weighted by Crippen LogP contribution is -2.23. The van der Waals surface area contributed by atoms with Gasteiger partial charge in [-0.15, -0.1) is 0 Å². The van der Waals surface area contributed by atoms with Crippen LogP contribution >= 0.6 is 0 Å². The van der Waals surface area contributed by atoms with Gasteiger partial charge in [-0.1, -0.05) is 34.6 Å². The maximum absolute atomic E-state index is 10.4. The summed E-state index contributed by atoms with van der Waals surface area (Å²) in [5.41, 5.74) is 0.264. The summed E-state index contributed by atoms with van der Waals surface area (Å²) in [6.45, 7) is 11.3. The quantitative estimate of drug-likeness (QED) is 0.696. The van der Waals surface area contributed by atoms with E-state index in [0.29, 0.717) is 12.3 Å². The van der Waals surface area contributed by atoms with Gasteiger partial charge in [0.25, 0.3) is 0 Å². The zero-order valence-electron chi connectivity index (χ0n) is 10.8. The molecule has 0 fully saturated rings. The maximum atomic E-state index is 10.4. The highest BCUT2D eigenvalue weighted by Crippen LogP contribution is 2.36. The van der Waals surface area contributed by atoms with Crippen LogP contribution in [-0.4, -0.2) is 11.1 Å². The molecule has 0 aliphatic heterocycles. The third-order valence-electron chi connectivity index (χ3n) is 3.37. The van der Waals surface area contributed by atoms with Crippen molar-refractivity contribution in [1.29, 1.82) is 0 Å². The lowest BCUT2D eigenvalue weighted by atomic mass is 9.73. The fourth-order valence-electron chi connectivity index (χ4n) is 1.97.